The predicted octanol–water partition coefficient (Wildman–Crippen LogP) is 4.94. The molecule has 0 aliphatic carbocycles. The lowest BCUT2D eigenvalue weighted by Crippen LogP contribution is -2.45. The number of carbonyl (C=O) groups is 1. The van der Waals surface area contributed by atoms with Gasteiger partial charge in [-0.25, -0.2) is 5.43 Å². The van der Waals surface area contributed by atoms with Crippen molar-refractivity contribution in [3.05, 3.63) is 63.6 Å². The van der Waals surface area contributed by atoms with Gasteiger partial charge in [0.15, 0.2) is 0 Å². The Morgan fingerprint density at radius 1 is 1.31 bits per heavy atom. The van der Waals surface area contributed by atoms with Crippen LogP contribution in [0.4, 0.5) is 5.69 Å². The van der Waals surface area contributed by atoms with Crippen LogP contribution in [0, 0.1) is 0 Å². The first-order valence-corrected chi connectivity index (χ1v) is 9.54. The molecule has 136 valence electrons. The van der Waals surface area contributed by atoms with Crippen LogP contribution in [0.1, 0.15) is 54.6 Å². The summed E-state index contributed by atoms with van der Waals surface area (Å²) in [6.45, 7) is 6.82. The molecule has 26 heavy (non-hydrogen) atoms. The quantitative estimate of drug-likeness (QED) is 0.572. The van der Waals surface area contributed by atoms with Crippen LogP contribution in [0.25, 0.3) is 0 Å². The number of fused-ring (bicyclic) bond motifs is 1. The molecule has 3 rings (SSSR count). The van der Waals surface area contributed by atoms with Crippen molar-refractivity contribution in [2.75, 3.05) is 11.9 Å². The van der Waals surface area contributed by atoms with E-state index in [1.807, 2.05) is 24.3 Å². The van der Waals surface area contributed by atoms with Crippen LogP contribution in [0.5, 0.6) is 0 Å². The summed E-state index contributed by atoms with van der Waals surface area (Å²) < 4.78 is 0.751. The van der Waals surface area contributed by atoms with Crippen molar-refractivity contribution >= 4 is 33.7 Å². The van der Waals surface area contributed by atoms with Gasteiger partial charge in [0.1, 0.15) is 0 Å². The summed E-state index contributed by atoms with van der Waals surface area (Å²) in [5.41, 5.74) is 6.88. The molecule has 0 radical (unpaired) electrons. The van der Waals surface area contributed by atoms with Gasteiger partial charge in [0.2, 0.25) is 0 Å². The topological polar surface area (TPSA) is 44.7 Å². The van der Waals surface area contributed by atoms with E-state index in [9.17, 15) is 4.79 Å². The van der Waals surface area contributed by atoms with E-state index < -0.39 is 0 Å². The van der Waals surface area contributed by atoms with Crippen molar-refractivity contribution in [2.24, 2.45) is 5.10 Å². The van der Waals surface area contributed by atoms with E-state index in [4.69, 9.17) is 0 Å². The normalized spacial score (nSPS) is 18.7. The lowest BCUT2D eigenvalue weighted by atomic mass is 9.80. The minimum absolute atomic E-state index is 0.152. The van der Waals surface area contributed by atoms with Crippen LogP contribution in [0.2, 0.25) is 0 Å². The third kappa shape index (κ3) is 3.68. The number of hydrogen-bond donors (Lipinski definition) is 1. The predicted molar refractivity (Wildman–Crippen MR) is 111 cm³/mol. The van der Waals surface area contributed by atoms with E-state index in [-0.39, 0.29) is 11.4 Å². The van der Waals surface area contributed by atoms with Gasteiger partial charge >= 0.3 is 0 Å². The molecule has 5 heteroatoms. The molecule has 0 spiro atoms. The van der Waals surface area contributed by atoms with Crippen LogP contribution in [0.3, 0.4) is 0 Å². The summed E-state index contributed by atoms with van der Waals surface area (Å²) in [5.74, 6) is 0.251. The Labute approximate surface area is 163 Å². The molecule has 0 aromatic heterocycles. The molecule has 1 heterocycles. The fourth-order valence-electron chi connectivity index (χ4n) is 3.55. The van der Waals surface area contributed by atoms with Gasteiger partial charge < -0.3 is 4.90 Å². The zero-order valence-corrected chi connectivity index (χ0v) is 17.2. The molecule has 1 aliphatic rings. The first kappa shape index (κ1) is 18.6. The second-order valence-electron chi connectivity index (χ2n) is 7.47. The van der Waals surface area contributed by atoms with E-state index in [2.05, 4.69) is 71.3 Å². The van der Waals surface area contributed by atoms with Gasteiger partial charge in [-0.05, 0) is 77.5 Å². The number of carbonyl (C=O) groups excluding carboxylic acids is 1. The monoisotopic (exact) mass is 413 g/mol. The van der Waals surface area contributed by atoms with Crippen LogP contribution >= 0.6 is 15.9 Å². The van der Waals surface area contributed by atoms with Crippen molar-refractivity contribution in [1.29, 1.82) is 0 Å². The zero-order chi connectivity index (χ0) is 18.9. The van der Waals surface area contributed by atoms with Crippen LogP contribution < -0.4 is 10.3 Å². The summed E-state index contributed by atoms with van der Waals surface area (Å²) in [5, 5.41) is 4.12. The minimum atomic E-state index is -0.235. The maximum absolute atomic E-state index is 12.2. The summed E-state index contributed by atoms with van der Waals surface area (Å²) in [7, 11) is 2.15. The molecule has 0 unspecified atom stereocenters. The summed E-state index contributed by atoms with van der Waals surface area (Å²) in [6, 6.07) is 13.6. The molecule has 4 nitrogen and oxygen atoms in total. The highest BCUT2D eigenvalue weighted by atomic mass is 79.9. The summed E-state index contributed by atoms with van der Waals surface area (Å²) in [4.78, 5) is 14.5. The average Bonchev–Trinajstić information content (AvgIpc) is 2.60. The standard InChI is InChI=1S/C21H24BrN3O/c1-14-12-21(2,3)25(4)19-10-9-15(11-17(14)19)13-23-24-20(26)16-7-5-6-8-18(16)22/h5-11,13-14H,12H2,1-4H3,(H,24,26)/b23-13-/t14-/m1/s1. The molecule has 0 bridgehead atoms. The molecule has 0 saturated heterocycles. The molecule has 1 amide bonds. The molecule has 2 aromatic carbocycles. The number of hydrogen-bond acceptors (Lipinski definition) is 3. The Morgan fingerprint density at radius 2 is 2.04 bits per heavy atom. The van der Waals surface area contributed by atoms with Gasteiger partial charge in [-0.15, -0.1) is 0 Å². The van der Waals surface area contributed by atoms with Crippen LogP contribution in [0.15, 0.2) is 52.0 Å². The van der Waals surface area contributed by atoms with Gasteiger partial charge in [-0.3, -0.25) is 4.79 Å². The van der Waals surface area contributed by atoms with E-state index in [1.54, 1.807) is 12.3 Å². The second kappa shape index (κ2) is 7.23. The largest absolute Gasteiger partial charge is 0.369 e. The van der Waals surface area contributed by atoms with Crippen molar-refractivity contribution in [1.82, 2.24) is 5.43 Å². The molecular weight excluding hydrogens is 390 g/mol. The van der Waals surface area contributed by atoms with E-state index in [0.29, 0.717) is 11.5 Å². The van der Waals surface area contributed by atoms with Crippen molar-refractivity contribution < 1.29 is 4.79 Å². The van der Waals surface area contributed by atoms with Crippen LogP contribution in [-0.2, 0) is 0 Å². The number of rotatable bonds is 3. The second-order valence-corrected chi connectivity index (χ2v) is 8.33. The Bertz CT molecular complexity index is 860. The van der Waals surface area contributed by atoms with Gasteiger partial charge in [0.05, 0.1) is 11.8 Å². The molecule has 0 saturated carbocycles. The summed E-state index contributed by atoms with van der Waals surface area (Å²) in [6.07, 6.45) is 2.80. The van der Waals surface area contributed by atoms with Crippen molar-refractivity contribution in [2.45, 2.75) is 38.6 Å². The zero-order valence-electron chi connectivity index (χ0n) is 15.6. The molecule has 1 N–H and O–H groups in total. The molecule has 2 aromatic rings. The van der Waals surface area contributed by atoms with Crippen molar-refractivity contribution in [3.63, 3.8) is 0 Å². The fraction of sp³-hybridized carbons (Fsp3) is 0.333. The fourth-order valence-corrected chi connectivity index (χ4v) is 4.01. The first-order valence-electron chi connectivity index (χ1n) is 8.75. The third-order valence-corrected chi connectivity index (χ3v) is 5.85. The molecule has 1 atom stereocenters. The third-order valence-electron chi connectivity index (χ3n) is 5.16. The number of anilines is 1. The molecular formula is C21H24BrN3O. The number of halogens is 1. The van der Waals surface area contributed by atoms with Crippen LogP contribution in [-0.4, -0.2) is 24.7 Å². The van der Waals surface area contributed by atoms with Gasteiger partial charge in [-0.2, -0.15) is 5.10 Å². The highest BCUT2D eigenvalue weighted by molar-refractivity contribution is 9.10. The Morgan fingerprint density at radius 3 is 2.77 bits per heavy atom. The SMILES string of the molecule is C[C@@H]1CC(C)(C)N(C)c2ccc(/C=N\NC(=O)c3ccccc3Br)cc21. The van der Waals surface area contributed by atoms with Gasteiger partial charge in [0.25, 0.3) is 5.91 Å². The summed E-state index contributed by atoms with van der Waals surface area (Å²) >= 11 is 3.38. The molecule has 1 aliphatic heterocycles. The minimum Gasteiger partial charge on any atom is -0.369 e. The lowest BCUT2D eigenvalue weighted by Gasteiger charge is -2.45. The average molecular weight is 414 g/mol. The Hall–Kier alpha value is -2.14. The van der Waals surface area contributed by atoms with Gasteiger partial charge in [-0.1, -0.05) is 25.1 Å². The van der Waals surface area contributed by atoms with Gasteiger partial charge in [0, 0.05) is 22.7 Å². The maximum atomic E-state index is 12.2. The molecule has 0 fully saturated rings. The lowest BCUT2D eigenvalue weighted by molar-refractivity contribution is 0.0954. The smallest absolute Gasteiger partial charge is 0.272 e. The van der Waals surface area contributed by atoms with E-state index in [0.717, 1.165) is 16.5 Å². The number of nitrogens with zero attached hydrogens (tertiary/aromatic N) is 2. The van der Waals surface area contributed by atoms with Crippen molar-refractivity contribution in [3.8, 4) is 0 Å². The number of benzene rings is 2. The highest BCUT2D eigenvalue weighted by Gasteiger charge is 2.33. The first-order chi connectivity index (χ1) is 12.3. The van der Waals surface area contributed by atoms with E-state index in [1.165, 1.54) is 11.3 Å². The Balaban J connectivity index is 1.76. The highest BCUT2D eigenvalue weighted by Crippen LogP contribution is 2.42. The number of hydrazone groups is 1. The van der Waals surface area contributed by atoms with E-state index >= 15 is 0 Å². The Kier molecular flexibility index (Phi) is 5.19. The maximum Gasteiger partial charge on any atom is 0.272 e. The number of amides is 1. The number of nitrogens with one attached hydrogen (secondary N) is 1.